The number of carbonyl (C=O) groups excluding carboxylic acids is 2. The second-order valence-corrected chi connectivity index (χ2v) is 8.41. The summed E-state index contributed by atoms with van der Waals surface area (Å²) in [4.78, 5) is 28.4. The van der Waals surface area contributed by atoms with Crippen molar-refractivity contribution in [1.29, 1.82) is 0 Å². The van der Waals surface area contributed by atoms with Crippen molar-refractivity contribution < 1.29 is 9.59 Å². The number of amides is 1. The van der Waals surface area contributed by atoms with Crippen LogP contribution in [0.3, 0.4) is 0 Å². The van der Waals surface area contributed by atoms with Crippen LogP contribution in [-0.2, 0) is 11.2 Å². The van der Waals surface area contributed by atoms with E-state index in [9.17, 15) is 9.59 Å². The largest absolute Gasteiger partial charge is 0.326 e. The lowest BCUT2D eigenvalue weighted by atomic mass is 9.99. The average molecular weight is 389 g/mol. The number of thiazole rings is 1. The molecule has 1 aliphatic rings. The van der Waals surface area contributed by atoms with E-state index in [4.69, 9.17) is 11.6 Å². The van der Waals surface area contributed by atoms with Crippen LogP contribution in [0.15, 0.2) is 40.7 Å². The fourth-order valence-electron chi connectivity index (χ4n) is 2.71. The number of rotatable bonds is 4. The van der Waals surface area contributed by atoms with E-state index in [0.717, 1.165) is 25.8 Å². The lowest BCUT2D eigenvalue weighted by Crippen LogP contribution is -2.19. The summed E-state index contributed by atoms with van der Waals surface area (Å²) in [6.07, 6.45) is 1.14. The number of carbonyl (C=O) groups is 2. The van der Waals surface area contributed by atoms with Crippen molar-refractivity contribution in [3.8, 4) is 0 Å². The fourth-order valence-corrected chi connectivity index (χ4v) is 4.82. The molecule has 126 valence electrons. The third-order valence-corrected chi connectivity index (χ3v) is 6.39. The molecule has 0 bridgehead atoms. The van der Waals surface area contributed by atoms with Gasteiger partial charge in [0.25, 0.3) is 0 Å². The van der Waals surface area contributed by atoms with Crippen molar-refractivity contribution in [1.82, 2.24) is 4.98 Å². The Morgan fingerprint density at radius 3 is 3.00 bits per heavy atom. The molecule has 1 N–H and O–H groups in total. The van der Waals surface area contributed by atoms with Gasteiger partial charge < -0.3 is 5.32 Å². The van der Waals surface area contributed by atoms with E-state index < -0.39 is 0 Å². The minimum Gasteiger partial charge on any atom is -0.326 e. The Kier molecular flexibility index (Phi) is 4.50. The molecule has 1 amide bonds. The molecule has 0 fully saturated rings. The molecule has 0 atom stereocenters. The zero-order chi connectivity index (χ0) is 17.4. The number of halogens is 1. The molecule has 3 aromatic rings. The van der Waals surface area contributed by atoms with E-state index in [-0.39, 0.29) is 11.7 Å². The normalized spacial score (nSPS) is 13.6. The molecule has 25 heavy (non-hydrogen) atoms. The molecule has 0 aliphatic carbocycles. The van der Waals surface area contributed by atoms with Crippen LogP contribution in [-0.4, -0.2) is 22.4 Å². The lowest BCUT2D eigenvalue weighted by molar-refractivity contribution is -0.116. The van der Waals surface area contributed by atoms with Gasteiger partial charge in [0.15, 0.2) is 10.1 Å². The van der Waals surface area contributed by atoms with Crippen LogP contribution >= 0.6 is 34.7 Å². The Balaban J connectivity index is 1.47. The van der Waals surface area contributed by atoms with Gasteiger partial charge >= 0.3 is 0 Å². The van der Waals surface area contributed by atoms with Crippen LogP contribution in [0, 0.1) is 0 Å². The third-order valence-electron chi connectivity index (χ3n) is 3.98. The van der Waals surface area contributed by atoms with E-state index in [1.807, 2.05) is 30.3 Å². The first kappa shape index (κ1) is 16.6. The minimum atomic E-state index is 0.0260. The van der Waals surface area contributed by atoms with Gasteiger partial charge in [0.05, 0.1) is 16.0 Å². The summed E-state index contributed by atoms with van der Waals surface area (Å²) >= 11 is 8.98. The second kappa shape index (κ2) is 6.78. The SMILES string of the molecule is O=C1CCc2cc(C(=O)CSc3nc4cc(Cl)ccc4s3)ccc2N1. The Hall–Kier alpha value is -1.89. The fraction of sp³-hybridized carbons (Fsp3) is 0.167. The highest BCUT2D eigenvalue weighted by Crippen LogP contribution is 2.31. The Morgan fingerprint density at radius 1 is 1.24 bits per heavy atom. The molecule has 0 spiro atoms. The summed E-state index contributed by atoms with van der Waals surface area (Å²) in [6.45, 7) is 0. The van der Waals surface area contributed by atoms with Crippen molar-refractivity contribution in [2.75, 3.05) is 11.1 Å². The molecule has 4 rings (SSSR count). The molecule has 0 saturated heterocycles. The number of ketones is 1. The van der Waals surface area contributed by atoms with Crippen LogP contribution in [0.25, 0.3) is 10.2 Å². The van der Waals surface area contributed by atoms with E-state index in [0.29, 0.717) is 29.2 Å². The lowest BCUT2D eigenvalue weighted by Gasteiger charge is -2.17. The van der Waals surface area contributed by atoms with Crippen LogP contribution in [0.1, 0.15) is 22.3 Å². The first-order chi connectivity index (χ1) is 12.1. The molecule has 2 heterocycles. The van der Waals surface area contributed by atoms with Gasteiger partial charge in [-0.1, -0.05) is 23.4 Å². The predicted molar refractivity (Wildman–Crippen MR) is 103 cm³/mol. The van der Waals surface area contributed by atoms with E-state index in [1.54, 1.807) is 17.4 Å². The van der Waals surface area contributed by atoms with Gasteiger partial charge in [0, 0.05) is 22.7 Å². The summed E-state index contributed by atoms with van der Waals surface area (Å²) in [5, 5.41) is 3.49. The van der Waals surface area contributed by atoms with Gasteiger partial charge in [-0.15, -0.1) is 11.3 Å². The standard InChI is InChI=1S/C18H13ClN2O2S2/c19-12-3-5-16-14(8-12)21-18(25-16)24-9-15(22)11-1-4-13-10(7-11)2-6-17(23)20-13/h1,3-5,7-8H,2,6,9H2,(H,20,23). The number of hydrogen-bond donors (Lipinski definition) is 1. The number of hydrogen-bond acceptors (Lipinski definition) is 5. The molecule has 1 aliphatic heterocycles. The maximum absolute atomic E-state index is 12.5. The first-order valence-electron chi connectivity index (χ1n) is 7.73. The summed E-state index contributed by atoms with van der Waals surface area (Å²) in [7, 11) is 0. The number of anilines is 1. The molecule has 0 saturated carbocycles. The Morgan fingerprint density at radius 2 is 2.12 bits per heavy atom. The highest BCUT2D eigenvalue weighted by molar-refractivity contribution is 8.01. The molecule has 7 heteroatoms. The maximum atomic E-state index is 12.5. The molecule has 4 nitrogen and oxygen atoms in total. The maximum Gasteiger partial charge on any atom is 0.224 e. The van der Waals surface area contributed by atoms with Crippen molar-refractivity contribution in [3.63, 3.8) is 0 Å². The van der Waals surface area contributed by atoms with Crippen LogP contribution < -0.4 is 5.32 Å². The number of thioether (sulfide) groups is 1. The summed E-state index contributed by atoms with van der Waals surface area (Å²) in [5.74, 6) is 0.415. The number of benzene rings is 2. The van der Waals surface area contributed by atoms with E-state index >= 15 is 0 Å². The summed E-state index contributed by atoms with van der Waals surface area (Å²) in [5.41, 5.74) is 3.36. The van der Waals surface area contributed by atoms with Gasteiger partial charge in [-0.25, -0.2) is 4.98 Å². The van der Waals surface area contributed by atoms with Crippen LogP contribution in [0.5, 0.6) is 0 Å². The quantitative estimate of drug-likeness (QED) is 0.514. The van der Waals surface area contributed by atoms with E-state index in [1.165, 1.54) is 11.8 Å². The highest BCUT2D eigenvalue weighted by Gasteiger charge is 2.17. The minimum absolute atomic E-state index is 0.0260. The zero-order valence-electron chi connectivity index (χ0n) is 13.0. The van der Waals surface area contributed by atoms with Gasteiger partial charge in [-0.3, -0.25) is 9.59 Å². The molecule has 0 unspecified atom stereocenters. The number of aromatic nitrogens is 1. The topological polar surface area (TPSA) is 59.1 Å². The number of aryl methyl sites for hydroxylation is 1. The molecule has 2 aromatic carbocycles. The number of Topliss-reactive ketones (excluding diaryl/α,β-unsaturated/α-hetero) is 1. The van der Waals surface area contributed by atoms with Gasteiger partial charge in [0.2, 0.25) is 5.91 Å². The number of fused-ring (bicyclic) bond motifs is 2. The number of nitrogens with zero attached hydrogens (tertiary/aromatic N) is 1. The summed E-state index contributed by atoms with van der Waals surface area (Å²) < 4.78 is 1.92. The molecule has 1 aromatic heterocycles. The van der Waals surface area contributed by atoms with Crippen molar-refractivity contribution in [2.45, 2.75) is 17.2 Å². The number of nitrogens with one attached hydrogen (secondary N) is 1. The Bertz CT molecular complexity index is 1000. The van der Waals surface area contributed by atoms with Crippen molar-refractivity contribution in [2.24, 2.45) is 0 Å². The molecular formula is C18H13ClN2O2S2. The van der Waals surface area contributed by atoms with Gasteiger partial charge in [-0.2, -0.15) is 0 Å². The highest BCUT2D eigenvalue weighted by atomic mass is 35.5. The van der Waals surface area contributed by atoms with Crippen molar-refractivity contribution >= 4 is 62.3 Å². The smallest absolute Gasteiger partial charge is 0.224 e. The van der Waals surface area contributed by atoms with E-state index in [2.05, 4.69) is 10.3 Å². The molecular weight excluding hydrogens is 376 g/mol. The van der Waals surface area contributed by atoms with Gasteiger partial charge in [0.1, 0.15) is 0 Å². The second-order valence-electron chi connectivity index (χ2n) is 5.72. The average Bonchev–Trinajstić information content (AvgIpc) is 3.01. The monoisotopic (exact) mass is 388 g/mol. The van der Waals surface area contributed by atoms with Crippen molar-refractivity contribution in [3.05, 3.63) is 52.5 Å². The molecule has 0 radical (unpaired) electrons. The predicted octanol–water partition coefficient (Wildman–Crippen LogP) is 4.81. The summed E-state index contributed by atoms with van der Waals surface area (Å²) in [6, 6.07) is 11.1. The first-order valence-corrected chi connectivity index (χ1v) is 9.91. The van der Waals surface area contributed by atoms with Crippen LogP contribution in [0.2, 0.25) is 5.02 Å². The van der Waals surface area contributed by atoms with Crippen LogP contribution in [0.4, 0.5) is 5.69 Å². The Labute approximate surface area is 157 Å². The zero-order valence-corrected chi connectivity index (χ0v) is 15.4. The van der Waals surface area contributed by atoms with Gasteiger partial charge in [-0.05, 0) is 48.4 Å². The third kappa shape index (κ3) is 3.56.